The molecular formula is C12H19N3O3. The van der Waals surface area contributed by atoms with Gasteiger partial charge in [0.2, 0.25) is 5.91 Å². The van der Waals surface area contributed by atoms with Crippen LogP contribution in [0, 0.1) is 0 Å². The van der Waals surface area contributed by atoms with E-state index in [9.17, 15) is 14.4 Å². The number of carbonyl (C=O) groups is 3. The monoisotopic (exact) mass is 253 g/mol. The molecule has 2 aliphatic rings. The second kappa shape index (κ2) is 4.59. The number of rotatable bonds is 2. The van der Waals surface area contributed by atoms with E-state index in [1.165, 1.54) is 4.90 Å². The summed E-state index contributed by atoms with van der Waals surface area (Å²) in [6.07, 6.45) is 3.18. The molecule has 6 nitrogen and oxygen atoms in total. The van der Waals surface area contributed by atoms with Crippen molar-refractivity contribution in [3.8, 4) is 0 Å². The fraction of sp³-hybridized carbons (Fsp3) is 0.750. The van der Waals surface area contributed by atoms with Gasteiger partial charge in [0.05, 0.1) is 0 Å². The molecule has 0 radical (unpaired) electrons. The van der Waals surface area contributed by atoms with E-state index in [0.29, 0.717) is 0 Å². The van der Waals surface area contributed by atoms with E-state index in [1.54, 1.807) is 18.7 Å². The van der Waals surface area contributed by atoms with Crippen molar-refractivity contribution in [2.45, 2.75) is 38.6 Å². The Morgan fingerprint density at radius 2 is 1.83 bits per heavy atom. The summed E-state index contributed by atoms with van der Waals surface area (Å²) in [6, 6.07) is -0.477. The number of imide groups is 1. The summed E-state index contributed by atoms with van der Waals surface area (Å²) in [6.45, 7) is 4.78. The van der Waals surface area contributed by atoms with Gasteiger partial charge in [-0.15, -0.1) is 0 Å². The number of nitrogens with one attached hydrogen (secondary N) is 1. The molecule has 4 amide bonds. The smallest absolute Gasteiger partial charge is 0.325 e. The Labute approximate surface area is 106 Å². The third-order valence-electron chi connectivity index (χ3n) is 3.70. The minimum atomic E-state index is -0.942. The van der Waals surface area contributed by atoms with E-state index in [4.69, 9.17) is 0 Å². The fourth-order valence-corrected chi connectivity index (χ4v) is 2.34. The quantitative estimate of drug-likeness (QED) is 0.721. The highest BCUT2D eigenvalue weighted by Gasteiger charge is 2.46. The molecule has 18 heavy (non-hydrogen) atoms. The van der Waals surface area contributed by atoms with E-state index in [0.717, 1.165) is 32.4 Å². The van der Waals surface area contributed by atoms with E-state index in [2.05, 4.69) is 5.32 Å². The van der Waals surface area contributed by atoms with E-state index in [-0.39, 0.29) is 18.4 Å². The Bertz CT molecular complexity index is 386. The van der Waals surface area contributed by atoms with Gasteiger partial charge in [-0.25, -0.2) is 4.79 Å². The molecule has 2 heterocycles. The van der Waals surface area contributed by atoms with Gasteiger partial charge in [0.15, 0.2) is 0 Å². The van der Waals surface area contributed by atoms with Gasteiger partial charge >= 0.3 is 6.03 Å². The van der Waals surface area contributed by atoms with Gasteiger partial charge in [-0.2, -0.15) is 0 Å². The van der Waals surface area contributed by atoms with E-state index >= 15 is 0 Å². The molecule has 6 heteroatoms. The SMILES string of the molecule is CC1(C)C(=O)NC(=O)N1CC(=O)N1CCCCC1. The average molecular weight is 253 g/mol. The number of piperidine rings is 1. The standard InChI is InChI=1S/C12H19N3O3/c1-12(2)10(17)13-11(18)15(12)8-9(16)14-6-4-3-5-7-14/h3-8H2,1-2H3,(H,13,17,18). The largest absolute Gasteiger partial charge is 0.341 e. The number of hydrogen-bond acceptors (Lipinski definition) is 3. The number of carbonyl (C=O) groups excluding carboxylic acids is 3. The molecule has 0 aromatic rings. The maximum atomic E-state index is 12.1. The Hall–Kier alpha value is -1.59. The molecule has 0 unspecified atom stereocenters. The zero-order chi connectivity index (χ0) is 13.3. The normalized spacial score (nSPS) is 23.2. The highest BCUT2D eigenvalue weighted by Crippen LogP contribution is 2.21. The van der Waals surface area contributed by atoms with Gasteiger partial charge in [0.1, 0.15) is 12.1 Å². The van der Waals surface area contributed by atoms with Gasteiger partial charge in [-0.05, 0) is 33.1 Å². The van der Waals surface area contributed by atoms with Crippen LogP contribution in [0.15, 0.2) is 0 Å². The van der Waals surface area contributed by atoms with Crippen LogP contribution in [-0.2, 0) is 9.59 Å². The second-order valence-corrected chi connectivity index (χ2v) is 5.35. The topological polar surface area (TPSA) is 69.7 Å². The second-order valence-electron chi connectivity index (χ2n) is 5.35. The minimum absolute atomic E-state index is 0.0232. The van der Waals surface area contributed by atoms with Crippen LogP contribution in [0.2, 0.25) is 0 Å². The molecule has 0 atom stereocenters. The molecule has 100 valence electrons. The van der Waals surface area contributed by atoms with Crippen molar-refractivity contribution in [3.05, 3.63) is 0 Å². The molecule has 0 aromatic heterocycles. The number of amides is 4. The first-order valence-corrected chi connectivity index (χ1v) is 6.34. The van der Waals surface area contributed by atoms with Crippen LogP contribution >= 0.6 is 0 Å². The molecule has 0 aromatic carbocycles. The highest BCUT2D eigenvalue weighted by molar-refractivity contribution is 6.07. The van der Waals surface area contributed by atoms with Crippen molar-refractivity contribution in [1.29, 1.82) is 0 Å². The lowest BCUT2D eigenvalue weighted by molar-refractivity contribution is -0.134. The van der Waals surface area contributed by atoms with E-state index in [1.807, 2.05) is 0 Å². The number of nitrogens with zero attached hydrogens (tertiary/aromatic N) is 2. The van der Waals surface area contributed by atoms with Crippen molar-refractivity contribution in [2.75, 3.05) is 19.6 Å². The molecular weight excluding hydrogens is 234 g/mol. The first kappa shape index (κ1) is 12.9. The van der Waals surface area contributed by atoms with Crippen molar-refractivity contribution >= 4 is 17.8 Å². The Kier molecular flexibility index (Phi) is 3.28. The lowest BCUT2D eigenvalue weighted by atomic mass is 10.0. The predicted molar refractivity (Wildman–Crippen MR) is 64.8 cm³/mol. The molecule has 2 rings (SSSR count). The molecule has 0 spiro atoms. The fourth-order valence-electron chi connectivity index (χ4n) is 2.34. The summed E-state index contributed by atoms with van der Waals surface area (Å²) in [5.41, 5.74) is -0.942. The van der Waals surface area contributed by atoms with Gasteiger partial charge < -0.3 is 9.80 Å². The Morgan fingerprint density at radius 3 is 2.33 bits per heavy atom. The van der Waals surface area contributed by atoms with Gasteiger partial charge in [0.25, 0.3) is 5.91 Å². The first-order valence-electron chi connectivity index (χ1n) is 6.34. The molecule has 2 saturated heterocycles. The van der Waals surface area contributed by atoms with Crippen molar-refractivity contribution in [3.63, 3.8) is 0 Å². The zero-order valence-corrected chi connectivity index (χ0v) is 10.9. The van der Waals surface area contributed by atoms with Crippen LogP contribution < -0.4 is 5.32 Å². The van der Waals surface area contributed by atoms with Crippen LogP contribution in [0.3, 0.4) is 0 Å². The van der Waals surface area contributed by atoms with Crippen LogP contribution in [0.1, 0.15) is 33.1 Å². The summed E-state index contributed by atoms with van der Waals surface area (Å²) < 4.78 is 0. The summed E-state index contributed by atoms with van der Waals surface area (Å²) in [4.78, 5) is 38.4. The number of hydrogen-bond donors (Lipinski definition) is 1. The minimum Gasteiger partial charge on any atom is -0.341 e. The molecule has 2 aliphatic heterocycles. The summed E-state index contributed by atoms with van der Waals surface area (Å²) in [5, 5.41) is 2.24. The van der Waals surface area contributed by atoms with Gasteiger partial charge in [-0.3, -0.25) is 14.9 Å². The number of likely N-dealkylation sites (tertiary alicyclic amines) is 1. The van der Waals surface area contributed by atoms with Gasteiger partial charge in [0, 0.05) is 13.1 Å². The predicted octanol–water partition coefficient (Wildman–Crippen LogP) is 0.329. The van der Waals surface area contributed by atoms with E-state index < -0.39 is 11.6 Å². The molecule has 2 fully saturated rings. The molecule has 0 aliphatic carbocycles. The lowest BCUT2D eigenvalue weighted by Crippen LogP contribution is -2.50. The van der Waals surface area contributed by atoms with Crippen molar-refractivity contribution < 1.29 is 14.4 Å². The third kappa shape index (κ3) is 2.19. The van der Waals surface area contributed by atoms with Crippen molar-refractivity contribution in [1.82, 2.24) is 15.1 Å². The van der Waals surface area contributed by atoms with Crippen LogP contribution in [0.25, 0.3) is 0 Å². The Balaban J connectivity index is 2.02. The molecule has 0 bridgehead atoms. The molecule has 0 saturated carbocycles. The third-order valence-corrected chi connectivity index (χ3v) is 3.70. The maximum absolute atomic E-state index is 12.1. The maximum Gasteiger partial charge on any atom is 0.325 e. The van der Waals surface area contributed by atoms with Gasteiger partial charge in [-0.1, -0.05) is 0 Å². The summed E-state index contributed by atoms with van der Waals surface area (Å²) >= 11 is 0. The van der Waals surface area contributed by atoms with Crippen LogP contribution in [0.4, 0.5) is 4.79 Å². The Morgan fingerprint density at radius 1 is 1.22 bits per heavy atom. The summed E-state index contributed by atoms with van der Waals surface area (Å²) in [7, 11) is 0. The van der Waals surface area contributed by atoms with Crippen LogP contribution in [-0.4, -0.2) is 52.8 Å². The summed E-state index contributed by atoms with van der Waals surface area (Å²) in [5.74, 6) is -0.424. The zero-order valence-electron chi connectivity index (χ0n) is 10.9. The number of urea groups is 1. The highest BCUT2D eigenvalue weighted by atomic mass is 16.2. The van der Waals surface area contributed by atoms with Crippen LogP contribution in [0.5, 0.6) is 0 Å². The molecule has 1 N–H and O–H groups in total. The first-order chi connectivity index (χ1) is 8.43. The average Bonchev–Trinajstić information content (AvgIpc) is 2.53. The van der Waals surface area contributed by atoms with Crippen molar-refractivity contribution in [2.24, 2.45) is 0 Å². The lowest BCUT2D eigenvalue weighted by Gasteiger charge is -2.32.